The summed E-state index contributed by atoms with van der Waals surface area (Å²) in [5.74, 6) is -0.129. The van der Waals surface area contributed by atoms with E-state index in [1.165, 1.54) is 11.3 Å². The van der Waals surface area contributed by atoms with Gasteiger partial charge in [0.05, 0.1) is 5.52 Å². The van der Waals surface area contributed by atoms with Gasteiger partial charge in [0.2, 0.25) is 0 Å². The quantitative estimate of drug-likeness (QED) is 0.686. The average molecular weight is 322 g/mol. The van der Waals surface area contributed by atoms with Crippen molar-refractivity contribution >= 4 is 22.5 Å². The molecule has 0 saturated heterocycles. The molecule has 0 aliphatic heterocycles. The summed E-state index contributed by atoms with van der Waals surface area (Å²) >= 11 is 0. The fourth-order valence-electron chi connectivity index (χ4n) is 2.68. The molecule has 24 heavy (non-hydrogen) atoms. The van der Waals surface area contributed by atoms with E-state index in [2.05, 4.69) is 44.7 Å². The standard InChI is InChI=1S/C19H22N4O/c1-23(2)15-11-9-14(10-12-15)6-5-13-20-19(24)18-16-7-3-4-8-17(16)21-22-18/h3-4,7-12H,5-6,13H2,1-2H3,(H,20,24)(H,21,22). The van der Waals surface area contributed by atoms with Crippen LogP contribution in [-0.2, 0) is 6.42 Å². The third-order valence-corrected chi connectivity index (χ3v) is 4.07. The van der Waals surface area contributed by atoms with Gasteiger partial charge in [-0.05, 0) is 36.6 Å². The van der Waals surface area contributed by atoms with Gasteiger partial charge in [0.25, 0.3) is 5.91 Å². The number of fused-ring (bicyclic) bond motifs is 1. The zero-order valence-electron chi connectivity index (χ0n) is 14.0. The number of hydrogen-bond donors (Lipinski definition) is 2. The number of carbonyl (C=O) groups is 1. The number of nitrogens with zero attached hydrogens (tertiary/aromatic N) is 2. The summed E-state index contributed by atoms with van der Waals surface area (Å²) in [5.41, 5.74) is 3.81. The molecule has 1 heterocycles. The molecule has 1 amide bonds. The Kier molecular flexibility index (Phi) is 4.79. The number of nitrogens with one attached hydrogen (secondary N) is 2. The Morgan fingerprint density at radius 2 is 1.88 bits per heavy atom. The number of aromatic nitrogens is 2. The predicted molar refractivity (Wildman–Crippen MR) is 97.5 cm³/mol. The van der Waals surface area contributed by atoms with Gasteiger partial charge >= 0.3 is 0 Å². The van der Waals surface area contributed by atoms with Crippen LogP contribution in [0.1, 0.15) is 22.5 Å². The first-order chi connectivity index (χ1) is 11.6. The van der Waals surface area contributed by atoms with Crippen molar-refractivity contribution in [3.8, 4) is 0 Å². The normalized spacial score (nSPS) is 10.8. The third-order valence-electron chi connectivity index (χ3n) is 4.07. The molecular weight excluding hydrogens is 300 g/mol. The number of hydrogen-bond acceptors (Lipinski definition) is 3. The maximum atomic E-state index is 12.3. The highest BCUT2D eigenvalue weighted by Crippen LogP contribution is 2.15. The zero-order valence-corrected chi connectivity index (χ0v) is 14.0. The highest BCUT2D eigenvalue weighted by atomic mass is 16.1. The lowest BCUT2D eigenvalue weighted by Crippen LogP contribution is -2.25. The molecule has 2 N–H and O–H groups in total. The second-order valence-electron chi connectivity index (χ2n) is 6.04. The molecule has 3 aromatic rings. The van der Waals surface area contributed by atoms with E-state index in [4.69, 9.17) is 0 Å². The number of H-pyrrole nitrogens is 1. The van der Waals surface area contributed by atoms with Crippen LogP contribution in [0.25, 0.3) is 10.9 Å². The van der Waals surface area contributed by atoms with Gasteiger partial charge in [-0.2, -0.15) is 5.10 Å². The van der Waals surface area contributed by atoms with Crippen LogP contribution >= 0.6 is 0 Å². The number of benzene rings is 2. The summed E-state index contributed by atoms with van der Waals surface area (Å²) in [5, 5.41) is 10.8. The Morgan fingerprint density at radius 1 is 1.12 bits per heavy atom. The van der Waals surface area contributed by atoms with E-state index < -0.39 is 0 Å². The number of aromatic amines is 1. The van der Waals surface area contributed by atoms with Crippen LogP contribution in [0.15, 0.2) is 48.5 Å². The highest BCUT2D eigenvalue weighted by molar-refractivity contribution is 6.04. The minimum absolute atomic E-state index is 0.129. The van der Waals surface area contributed by atoms with Crippen LogP contribution in [0.4, 0.5) is 5.69 Å². The van der Waals surface area contributed by atoms with E-state index in [0.717, 1.165) is 23.7 Å². The molecule has 0 aliphatic rings. The fourth-order valence-corrected chi connectivity index (χ4v) is 2.68. The molecule has 0 radical (unpaired) electrons. The number of rotatable bonds is 6. The van der Waals surface area contributed by atoms with Crippen molar-refractivity contribution in [2.24, 2.45) is 0 Å². The molecular formula is C19H22N4O. The molecule has 0 fully saturated rings. The van der Waals surface area contributed by atoms with Crippen LogP contribution in [0.5, 0.6) is 0 Å². The molecule has 3 rings (SSSR count). The molecule has 0 atom stereocenters. The summed E-state index contributed by atoms with van der Waals surface area (Å²) < 4.78 is 0. The summed E-state index contributed by atoms with van der Waals surface area (Å²) in [6.45, 7) is 0.634. The summed E-state index contributed by atoms with van der Waals surface area (Å²) in [7, 11) is 4.06. The van der Waals surface area contributed by atoms with Crippen molar-refractivity contribution in [2.45, 2.75) is 12.8 Å². The maximum Gasteiger partial charge on any atom is 0.272 e. The molecule has 0 spiro atoms. The number of para-hydroxylation sites is 1. The summed E-state index contributed by atoms with van der Waals surface area (Å²) in [4.78, 5) is 14.3. The molecule has 2 aromatic carbocycles. The van der Waals surface area contributed by atoms with Gasteiger partial charge in [0, 0.05) is 31.7 Å². The van der Waals surface area contributed by atoms with Crippen molar-refractivity contribution in [1.29, 1.82) is 0 Å². The second kappa shape index (κ2) is 7.17. The lowest BCUT2D eigenvalue weighted by atomic mass is 10.1. The molecule has 1 aromatic heterocycles. The minimum atomic E-state index is -0.129. The topological polar surface area (TPSA) is 61.0 Å². The van der Waals surface area contributed by atoms with Gasteiger partial charge in [-0.3, -0.25) is 9.89 Å². The van der Waals surface area contributed by atoms with Gasteiger partial charge in [-0.25, -0.2) is 0 Å². The van der Waals surface area contributed by atoms with Gasteiger partial charge < -0.3 is 10.2 Å². The van der Waals surface area contributed by atoms with Gasteiger partial charge in [-0.15, -0.1) is 0 Å². The molecule has 0 aliphatic carbocycles. The smallest absolute Gasteiger partial charge is 0.272 e. The Labute approximate surface area is 141 Å². The zero-order chi connectivity index (χ0) is 16.9. The van der Waals surface area contributed by atoms with E-state index in [1.807, 2.05) is 38.4 Å². The highest BCUT2D eigenvalue weighted by Gasteiger charge is 2.12. The first-order valence-corrected chi connectivity index (χ1v) is 8.13. The molecule has 0 saturated carbocycles. The van der Waals surface area contributed by atoms with Crippen molar-refractivity contribution < 1.29 is 4.79 Å². The van der Waals surface area contributed by atoms with Crippen molar-refractivity contribution in [2.75, 3.05) is 25.5 Å². The largest absolute Gasteiger partial charge is 0.378 e. The maximum absolute atomic E-state index is 12.3. The van der Waals surface area contributed by atoms with Crippen LogP contribution in [0.2, 0.25) is 0 Å². The first-order valence-electron chi connectivity index (χ1n) is 8.13. The van der Waals surface area contributed by atoms with Crippen molar-refractivity contribution in [3.63, 3.8) is 0 Å². The number of amides is 1. The average Bonchev–Trinajstić information content (AvgIpc) is 3.03. The van der Waals surface area contributed by atoms with Crippen LogP contribution in [0, 0.1) is 0 Å². The lowest BCUT2D eigenvalue weighted by Gasteiger charge is -2.12. The molecule has 0 unspecified atom stereocenters. The first kappa shape index (κ1) is 16.1. The number of anilines is 1. The van der Waals surface area contributed by atoms with Gasteiger partial charge in [-0.1, -0.05) is 30.3 Å². The summed E-state index contributed by atoms with van der Waals surface area (Å²) in [6, 6.07) is 16.1. The Morgan fingerprint density at radius 3 is 2.62 bits per heavy atom. The third kappa shape index (κ3) is 3.56. The van der Waals surface area contributed by atoms with E-state index >= 15 is 0 Å². The SMILES string of the molecule is CN(C)c1ccc(CCCNC(=O)c2n[nH]c3ccccc23)cc1. The predicted octanol–water partition coefficient (Wildman–Crippen LogP) is 2.99. The van der Waals surface area contributed by atoms with Crippen LogP contribution in [-0.4, -0.2) is 36.7 Å². The molecule has 5 heteroatoms. The van der Waals surface area contributed by atoms with Gasteiger partial charge in [0.15, 0.2) is 5.69 Å². The van der Waals surface area contributed by atoms with Gasteiger partial charge in [0.1, 0.15) is 0 Å². The lowest BCUT2D eigenvalue weighted by molar-refractivity contribution is 0.0950. The Balaban J connectivity index is 1.50. The molecule has 5 nitrogen and oxygen atoms in total. The van der Waals surface area contributed by atoms with E-state index in [1.54, 1.807) is 0 Å². The summed E-state index contributed by atoms with van der Waals surface area (Å²) in [6.07, 6.45) is 1.84. The van der Waals surface area contributed by atoms with E-state index in [-0.39, 0.29) is 5.91 Å². The van der Waals surface area contributed by atoms with E-state index in [0.29, 0.717) is 12.2 Å². The van der Waals surface area contributed by atoms with Crippen LogP contribution in [0.3, 0.4) is 0 Å². The Bertz CT molecular complexity index is 821. The monoisotopic (exact) mass is 322 g/mol. The number of carbonyl (C=O) groups excluding carboxylic acids is 1. The molecule has 0 bridgehead atoms. The van der Waals surface area contributed by atoms with Crippen molar-refractivity contribution in [3.05, 3.63) is 59.8 Å². The minimum Gasteiger partial charge on any atom is -0.378 e. The second-order valence-corrected chi connectivity index (χ2v) is 6.04. The Hall–Kier alpha value is -2.82. The van der Waals surface area contributed by atoms with Crippen LogP contribution < -0.4 is 10.2 Å². The van der Waals surface area contributed by atoms with Crippen molar-refractivity contribution in [1.82, 2.24) is 15.5 Å². The molecule has 124 valence electrons. The van der Waals surface area contributed by atoms with E-state index in [9.17, 15) is 4.79 Å². The fraction of sp³-hybridized carbons (Fsp3) is 0.263. The number of aryl methyl sites for hydroxylation is 1.